The highest BCUT2D eigenvalue weighted by Crippen LogP contribution is 2.32. The molecule has 1 aromatic heterocycles. The summed E-state index contributed by atoms with van der Waals surface area (Å²) in [6.45, 7) is 0.961. The number of carbonyl (C=O) groups is 1. The van der Waals surface area contributed by atoms with E-state index in [1.165, 1.54) is 61.4 Å². The molecule has 0 aliphatic heterocycles. The van der Waals surface area contributed by atoms with Gasteiger partial charge >= 0.3 is 5.97 Å². The third-order valence-corrected chi connectivity index (χ3v) is 7.27. The number of aromatic nitrogens is 2. The number of carbonyl (C=O) groups excluding carboxylic acids is 1. The molecule has 1 heterocycles. The number of benzene rings is 3. The van der Waals surface area contributed by atoms with Crippen molar-refractivity contribution in [1.82, 2.24) is 9.55 Å². The van der Waals surface area contributed by atoms with E-state index in [2.05, 4.69) is 70.0 Å². The zero-order valence-corrected chi connectivity index (χ0v) is 21.0. The molecule has 5 nitrogen and oxygen atoms in total. The van der Waals surface area contributed by atoms with Crippen LogP contribution in [0.15, 0.2) is 72.8 Å². The van der Waals surface area contributed by atoms with Gasteiger partial charge in [-0.1, -0.05) is 67.8 Å². The maximum absolute atomic E-state index is 11.3. The van der Waals surface area contributed by atoms with Crippen LogP contribution >= 0.6 is 0 Å². The van der Waals surface area contributed by atoms with Crippen molar-refractivity contribution in [2.24, 2.45) is 5.92 Å². The van der Waals surface area contributed by atoms with Crippen molar-refractivity contribution < 1.29 is 14.3 Å². The molecule has 36 heavy (non-hydrogen) atoms. The topological polar surface area (TPSA) is 53.4 Å². The molecule has 0 amide bonds. The zero-order chi connectivity index (χ0) is 24.7. The Balaban J connectivity index is 1.36. The molecule has 1 aliphatic carbocycles. The molecule has 0 unspecified atom stereocenters. The summed E-state index contributed by atoms with van der Waals surface area (Å²) in [4.78, 5) is 16.4. The number of fused-ring (bicyclic) bond motifs is 1. The average molecular weight is 483 g/mol. The lowest BCUT2D eigenvalue weighted by Crippen LogP contribution is -2.15. The van der Waals surface area contributed by atoms with Crippen molar-refractivity contribution in [1.29, 1.82) is 0 Å². The van der Waals surface area contributed by atoms with Gasteiger partial charge in [0.25, 0.3) is 0 Å². The van der Waals surface area contributed by atoms with E-state index < -0.39 is 0 Å². The summed E-state index contributed by atoms with van der Waals surface area (Å²) in [7, 11) is 1.36. The van der Waals surface area contributed by atoms with E-state index in [1.807, 2.05) is 12.1 Å². The van der Waals surface area contributed by atoms with E-state index in [9.17, 15) is 4.79 Å². The molecular weight excluding hydrogens is 448 g/mol. The largest absolute Gasteiger partial charge is 0.482 e. The molecule has 0 atom stereocenters. The summed E-state index contributed by atoms with van der Waals surface area (Å²) < 4.78 is 12.6. The van der Waals surface area contributed by atoms with Crippen LogP contribution in [0.5, 0.6) is 5.75 Å². The van der Waals surface area contributed by atoms with Crippen molar-refractivity contribution in [3.8, 4) is 17.1 Å². The van der Waals surface area contributed by atoms with Crippen LogP contribution in [0.1, 0.15) is 43.2 Å². The minimum absolute atomic E-state index is 0.0783. The Morgan fingerprint density at radius 3 is 2.47 bits per heavy atom. The second kappa shape index (κ2) is 11.4. The molecule has 4 aromatic rings. The second-order valence-corrected chi connectivity index (χ2v) is 9.70. The molecule has 1 aliphatic rings. The average Bonchev–Trinajstić information content (AvgIpc) is 3.30. The maximum atomic E-state index is 11.3. The zero-order valence-electron chi connectivity index (χ0n) is 21.0. The van der Waals surface area contributed by atoms with Crippen LogP contribution in [0.4, 0.5) is 0 Å². The summed E-state index contributed by atoms with van der Waals surface area (Å²) in [6, 6.07) is 25.2. The molecule has 0 saturated heterocycles. The Morgan fingerprint density at radius 2 is 1.67 bits per heavy atom. The summed E-state index contributed by atoms with van der Waals surface area (Å²) in [6.07, 6.45) is 8.52. The van der Waals surface area contributed by atoms with Crippen molar-refractivity contribution >= 4 is 17.0 Å². The molecule has 0 N–H and O–H groups in total. The predicted octanol–water partition coefficient (Wildman–Crippen LogP) is 6.62. The molecule has 1 fully saturated rings. The fourth-order valence-electron chi connectivity index (χ4n) is 5.28. The van der Waals surface area contributed by atoms with E-state index in [4.69, 9.17) is 9.72 Å². The van der Waals surface area contributed by atoms with Crippen molar-refractivity contribution in [2.45, 2.75) is 51.5 Å². The Morgan fingerprint density at radius 1 is 0.917 bits per heavy atom. The lowest BCUT2D eigenvalue weighted by atomic mass is 9.89. The highest BCUT2D eigenvalue weighted by Gasteiger charge is 2.20. The molecule has 0 radical (unpaired) electrons. The standard InChI is InChI=1S/C31H34N2O3/c1-35-30(34)22-36-26-19-16-23(17-20-26)15-18-25-11-5-6-12-27(25)31-32-28-13-7-8-14-29(28)33(31)21-24-9-3-2-4-10-24/h5-8,11-14,16-17,19-20,24H,2-4,9-10,15,18,21-22H2,1H3. The number of aryl methyl sites for hydroxylation is 2. The van der Waals surface area contributed by atoms with Gasteiger partial charge in [-0.25, -0.2) is 9.78 Å². The van der Waals surface area contributed by atoms with Crippen LogP contribution < -0.4 is 4.74 Å². The third-order valence-electron chi connectivity index (χ3n) is 7.27. The lowest BCUT2D eigenvalue weighted by Gasteiger charge is -2.23. The summed E-state index contributed by atoms with van der Waals surface area (Å²) in [5.74, 6) is 2.09. The Bertz CT molecular complexity index is 1300. The van der Waals surface area contributed by atoms with Gasteiger partial charge in [-0.3, -0.25) is 0 Å². The van der Waals surface area contributed by atoms with Crippen LogP contribution in [0.3, 0.4) is 0 Å². The van der Waals surface area contributed by atoms with Gasteiger partial charge in [0.1, 0.15) is 11.6 Å². The third kappa shape index (κ3) is 5.62. The molecule has 0 bridgehead atoms. The van der Waals surface area contributed by atoms with E-state index in [0.29, 0.717) is 5.75 Å². The smallest absolute Gasteiger partial charge is 0.343 e. The van der Waals surface area contributed by atoms with Crippen molar-refractivity contribution in [3.63, 3.8) is 0 Å². The minimum atomic E-state index is -0.384. The SMILES string of the molecule is COC(=O)COc1ccc(CCc2ccccc2-c2nc3ccccc3n2CC2CCCCC2)cc1. The normalized spacial score (nSPS) is 14.1. The quantitative estimate of drug-likeness (QED) is 0.252. The first kappa shape index (κ1) is 24.1. The molecule has 1 saturated carbocycles. The summed E-state index contributed by atoms with van der Waals surface area (Å²) >= 11 is 0. The maximum Gasteiger partial charge on any atom is 0.343 e. The van der Waals surface area contributed by atoms with Gasteiger partial charge < -0.3 is 14.0 Å². The first-order valence-electron chi connectivity index (χ1n) is 13.0. The monoisotopic (exact) mass is 482 g/mol. The number of imidazole rings is 1. The first-order valence-corrected chi connectivity index (χ1v) is 13.0. The van der Waals surface area contributed by atoms with E-state index in [0.717, 1.165) is 36.6 Å². The molecular formula is C31H34N2O3. The summed E-state index contributed by atoms with van der Waals surface area (Å²) in [5, 5.41) is 0. The van der Waals surface area contributed by atoms with Gasteiger partial charge in [-0.2, -0.15) is 0 Å². The fourth-order valence-corrected chi connectivity index (χ4v) is 5.28. The highest BCUT2D eigenvalue weighted by atomic mass is 16.6. The van der Waals surface area contributed by atoms with Crippen molar-refractivity contribution in [3.05, 3.63) is 83.9 Å². The van der Waals surface area contributed by atoms with Crippen LogP contribution in [0.2, 0.25) is 0 Å². The Hall–Kier alpha value is -3.60. The Kier molecular flexibility index (Phi) is 7.65. The number of para-hydroxylation sites is 2. The number of hydrogen-bond donors (Lipinski definition) is 0. The van der Waals surface area contributed by atoms with Crippen LogP contribution in [-0.2, 0) is 28.9 Å². The molecule has 5 heteroatoms. The molecule has 3 aromatic carbocycles. The van der Waals surface area contributed by atoms with Gasteiger partial charge in [0.15, 0.2) is 6.61 Å². The number of rotatable bonds is 9. The molecule has 0 spiro atoms. The van der Waals surface area contributed by atoms with Crippen LogP contribution in [0, 0.1) is 5.92 Å². The first-order chi connectivity index (χ1) is 17.7. The number of ether oxygens (including phenoxy) is 2. The van der Waals surface area contributed by atoms with Gasteiger partial charge in [0.05, 0.1) is 18.1 Å². The van der Waals surface area contributed by atoms with Crippen LogP contribution in [0.25, 0.3) is 22.4 Å². The molecule has 186 valence electrons. The highest BCUT2D eigenvalue weighted by molar-refractivity contribution is 5.81. The number of hydrogen-bond acceptors (Lipinski definition) is 4. The van der Waals surface area contributed by atoms with Crippen molar-refractivity contribution in [2.75, 3.05) is 13.7 Å². The molecule has 5 rings (SSSR count). The summed E-state index contributed by atoms with van der Waals surface area (Å²) in [5.41, 5.74) is 6.06. The van der Waals surface area contributed by atoms with Crippen LogP contribution in [-0.4, -0.2) is 29.2 Å². The van der Waals surface area contributed by atoms with E-state index >= 15 is 0 Å². The van der Waals surface area contributed by atoms with E-state index in [1.54, 1.807) is 0 Å². The number of nitrogens with zero attached hydrogens (tertiary/aromatic N) is 2. The fraction of sp³-hybridized carbons (Fsp3) is 0.355. The van der Waals surface area contributed by atoms with Gasteiger partial charge in [0, 0.05) is 12.1 Å². The lowest BCUT2D eigenvalue weighted by molar-refractivity contribution is -0.142. The van der Waals surface area contributed by atoms with Gasteiger partial charge in [-0.05, 0) is 67.0 Å². The van der Waals surface area contributed by atoms with Gasteiger partial charge in [0.2, 0.25) is 0 Å². The Labute approximate surface area is 213 Å². The number of methoxy groups -OCH3 is 1. The van der Waals surface area contributed by atoms with E-state index in [-0.39, 0.29) is 12.6 Å². The number of esters is 1. The predicted molar refractivity (Wildman–Crippen MR) is 143 cm³/mol. The minimum Gasteiger partial charge on any atom is -0.482 e. The second-order valence-electron chi connectivity index (χ2n) is 9.70. The van der Waals surface area contributed by atoms with Gasteiger partial charge in [-0.15, -0.1) is 0 Å².